The summed E-state index contributed by atoms with van der Waals surface area (Å²) in [5.41, 5.74) is 1.85. The number of benzene rings is 2. The van der Waals surface area contributed by atoms with Crippen molar-refractivity contribution in [2.45, 2.75) is 6.92 Å². The normalized spacial score (nSPS) is 10.3. The lowest BCUT2D eigenvalue weighted by atomic mass is 10.00. The minimum atomic E-state index is -0.537. The minimum Gasteiger partial charge on any atom is -0.207 e. The zero-order valence-electron chi connectivity index (χ0n) is 8.30. The van der Waals surface area contributed by atoms with Crippen molar-refractivity contribution in [3.05, 3.63) is 59.7 Å². The number of rotatable bonds is 1. The maximum Gasteiger partial charge on any atom is 0.134 e. The van der Waals surface area contributed by atoms with Crippen molar-refractivity contribution in [1.29, 1.82) is 0 Å². The molecule has 0 aliphatic carbocycles. The monoisotopic (exact) mass is 204 g/mol. The fraction of sp³-hybridized carbons (Fsp3) is 0.0769. The van der Waals surface area contributed by atoms with Crippen molar-refractivity contribution < 1.29 is 8.78 Å². The summed E-state index contributed by atoms with van der Waals surface area (Å²) in [5.74, 6) is -1.05. The summed E-state index contributed by atoms with van der Waals surface area (Å²) in [7, 11) is 0. The average Bonchev–Trinajstić information content (AvgIpc) is 2.17. The molecule has 0 atom stereocenters. The molecule has 0 amide bonds. The van der Waals surface area contributed by atoms with Gasteiger partial charge >= 0.3 is 0 Å². The molecular formula is C13H10F2. The Balaban J connectivity index is 2.64. The van der Waals surface area contributed by atoms with E-state index in [0.29, 0.717) is 11.1 Å². The largest absolute Gasteiger partial charge is 0.207 e. The highest BCUT2D eigenvalue weighted by molar-refractivity contribution is 5.67. The molecule has 0 aliphatic heterocycles. The molecule has 0 N–H and O–H groups in total. The first-order chi connectivity index (χ1) is 7.18. The number of hydrogen-bond donors (Lipinski definition) is 0. The second-order valence-electron chi connectivity index (χ2n) is 3.45. The molecule has 0 bridgehead atoms. The summed E-state index contributed by atoms with van der Waals surface area (Å²) in [6.45, 7) is 1.70. The van der Waals surface area contributed by atoms with Crippen molar-refractivity contribution in [3.8, 4) is 11.1 Å². The topological polar surface area (TPSA) is 0 Å². The van der Waals surface area contributed by atoms with E-state index in [1.54, 1.807) is 6.92 Å². The molecule has 0 nitrogen and oxygen atoms in total. The van der Waals surface area contributed by atoms with E-state index in [4.69, 9.17) is 0 Å². The third-order valence-corrected chi connectivity index (χ3v) is 2.31. The van der Waals surface area contributed by atoms with Crippen LogP contribution in [0.15, 0.2) is 42.5 Å². The van der Waals surface area contributed by atoms with Gasteiger partial charge in [-0.3, -0.25) is 0 Å². The minimum absolute atomic E-state index is 0.469. The Morgan fingerprint density at radius 3 is 2.20 bits per heavy atom. The third-order valence-electron chi connectivity index (χ3n) is 2.31. The van der Waals surface area contributed by atoms with Crippen LogP contribution in [0.1, 0.15) is 5.56 Å². The summed E-state index contributed by atoms with van der Waals surface area (Å²) in [6, 6.07) is 11.4. The Labute approximate surface area is 87.2 Å². The van der Waals surface area contributed by atoms with Crippen molar-refractivity contribution in [3.63, 3.8) is 0 Å². The summed E-state index contributed by atoms with van der Waals surface area (Å²) in [6.07, 6.45) is 0. The zero-order chi connectivity index (χ0) is 10.8. The molecule has 76 valence electrons. The Morgan fingerprint density at radius 1 is 0.933 bits per heavy atom. The second-order valence-corrected chi connectivity index (χ2v) is 3.45. The number of halogens is 2. The maximum absolute atomic E-state index is 13.6. The van der Waals surface area contributed by atoms with Gasteiger partial charge in [0.25, 0.3) is 0 Å². The van der Waals surface area contributed by atoms with Crippen molar-refractivity contribution in [1.82, 2.24) is 0 Å². The molecule has 0 radical (unpaired) electrons. The van der Waals surface area contributed by atoms with E-state index in [0.717, 1.165) is 11.6 Å². The Hall–Kier alpha value is -1.70. The quantitative estimate of drug-likeness (QED) is 0.660. The van der Waals surface area contributed by atoms with Crippen LogP contribution >= 0.6 is 0 Å². The lowest BCUT2D eigenvalue weighted by Gasteiger charge is -2.07. The maximum atomic E-state index is 13.6. The smallest absolute Gasteiger partial charge is 0.134 e. The van der Waals surface area contributed by atoms with Crippen LogP contribution in [0.5, 0.6) is 0 Å². The van der Waals surface area contributed by atoms with Gasteiger partial charge in [-0.1, -0.05) is 30.3 Å². The molecule has 0 unspecified atom stereocenters. The van der Waals surface area contributed by atoms with Crippen LogP contribution in [0.3, 0.4) is 0 Å². The highest BCUT2D eigenvalue weighted by Crippen LogP contribution is 2.26. The third kappa shape index (κ3) is 1.89. The summed E-state index contributed by atoms with van der Waals surface area (Å²) >= 11 is 0. The molecule has 2 aromatic rings. The van der Waals surface area contributed by atoms with Crippen LogP contribution in [0.25, 0.3) is 11.1 Å². The molecular weight excluding hydrogens is 194 g/mol. The molecule has 0 spiro atoms. The van der Waals surface area contributed by atoms with Crippen LogP contribution < -0.4 is 0 Å². The number of aryl methyl sites for hydroxylation is 1. The van der Waals surface area contributed by atoms with Gasteiger partial charge in [0.05, 0.1) is 0 Å². The molecule has 0 saturated carbocycles. The molecule has 2 rings (SSSR count). The highest BCUT2D eigenvalue weighted by atomic mass is 19.1. The van der Waals surface area contributed by atoms with Gasteiger partial charge in [0.15, 0.2) is 0 Å². The predicted octanol–water partition coefficient (Wildman–Crippen LogP) is 3.94. The Bertz CT molecular complexity index is 452. The van der Waals surface area contributed by atoms with Crippen LogP contribution in [0, 0.1) is 18.6 Å². The van der Waals surface area contributed by atoms with Crippen LogP contribution in [0.2, 0.25) is 0 Å². The van der Waals surface area contributed by atoms with E-state index in [9.17, 15) is 8.78 Å². The predicted molar refractivity (Wildman–Crippen MR) is 56.5 cm³/mol. The first kappa shape index (κ1) is 9.84. The lowest BCUT2D eigenvalue weighted by Crippen LogP contribution is -1.90. The summed E-state index contributed by atoms with van der Waals surface area (Å²) in [5, 5.41) is 0. The molecule has 0 heterocycles. The van der Waals surface area contributed by atoms with E-state index < -0.39 is 11.6 Å². The van der Waals surface area contributed by atoms with Gasteiger partial charge in [0, 0.05) is 11.6 Å². The fourth-order valence-electron chi connectivity index (χ4n) is 1.67. The van der Waals surface area contributed by atoms with Gasteiger partial charge in [0.2, 0.25) is 0 Å². The van der Waals surface area contributed by atoms with Gasteiger partial charge < -0.3 is 0 Å². The molecule has 0 aromatic heterocycles. The van der Waals surface area contributed by atoms with Gasteiger partial charge in [-0.15, -0.1) is 0 Å². The van der Waals surface area contributed by atoms with E-state index in [-0.39, 0.29) is 0 Å². The van der Waals surface area contributed by atoms with E-state index in [2.05, 4.69) is 0 Å². The first-order valence-electron chi connectivity index (χ1n) is 4.69. The Kier molecular flexibility index (Phi) is 2.50. The Morgan fingerprint density at radius 2 is 1.60 bits per heavy atom. The van der Waals surface area contributed by atoms with E-state index >= 15 is 0 Å². The molecule has 2 aromatic carbocycles. The fourth-order valence-corrected chi connectivity index (χ4v) is 1.67. The van der Waals surface area contributed by atoms with E-state index in [1.165, 1.54) is 6.07 Å². The molecule has 15 heavy (non-hydrogen) atoms. The molecule has 0 aliphatic rings. The van der Waals surface area contributed by atoms with Crippen molar-refractivity contribution >= 4 is 0 Å². The summed E-state index contributed by atoms with van der Waals surface area (Å²) < 4.78 is 26.4. The van der Waals surface area contributed by atoms with Crippen LogP contribution in [-0.2, 0) is 0 Å². The van der Waals surface area contributed by atoms with Gasteiger partial charge in [0.1, 0.15) is 11.6 Å². The SMILES string of the molecule is Cc1cc(F)cc(F)c1-c1ccccc1. The van der Waals surface area contributed by atoms with E-state index in [1.807, 2.05) is 30.3 Å². The standard InChI is InChI=1S/C13H10F2/c1-9-7-11(14)8-12(15)13(9)10-5-3-2-4-6-10/h2-8H,1H3. The summed E-state index contributed by atoms with van der Waals surface area (Å²) in [4.78, 5) is 0. The average molecular weight is 204 g/mol. The zero-order valence-corrected chi connectivity index (χ0v) is 8.30. The van der Waals surface area contributed by atoms with Crippen molar-refractivity contribution in [2.24, 2.45) is 0 Å². The lowest BCUT2D eigenvalue weighted by molar-refractivity contribution is 0.584. The van der Waals surface area contributed by atoms with Gasteiger partial charge in [-0.25, -0.2) is 8.78 Å². The second kappa shape index (κ2) is 3.81. The van der Waals surface area contributed by atoms with Gasteiger partial charge in [-0.05, 0) is 24.1 Å². The van der Waals surface area contributed by atoms with Gasteiger partial charge in [-0.2, -0.15) is 0 Å². The molecule has 0 fully saturated rings. The van der Waals surface area contributed by atoms with Crippen LogP contribution in [0.4, 0.5) is 8.78 Å². The number of hydrogen-bond acceptors (Lipinski definition) is 0. The van der Waals surface area contributed by atoms with Crippen molar-refractivity contribution in [2.75, 3.05) is 0 Å². The van der Waals surface area contributed by atoms with Crippen LogP contribution in [-0.4, -0.2) is 0 Å². The first-order valence-corrected chi connectivity index (χ1v) is 4.69. The molecule has 0 saturated heterocycles. The molecule has 2 heteroatoms. The highest BCUT2D eigenvalue weighted by Gasteiger charge is 2.09.